The molecule has 0 atom stereocenters. The predicted octanol–water partition coefficient (Wildman–Crippen LogP) is 3.75. The number of rotatable bonds is 6. The zero-order chi connectivity index (χ0) is 15.5. The van der Waals surface area contributed by atoms with Gasteiger partial charge in [0, 0.05) is 0 Å². The second-order valence-electron chi connectivity index (χ2n) is 4.96. The molecule has 0 saturated heterocycles. The monoisotopic (exact) mass is 298 g/mol. The molecule has 0 spiro atoms. The summed E-state index contributed by atoms with van der Waals surface area (Å²) in [7, 11) is -4.18. The van der Waals surface area contributed by atoms with Crippen LogP contribution < -0.4 is 0 Å². The fourth-order valence-corrected chi connectivity index (χ4v) is 4.50. The molecule has 1 aromatic rings. The molecule has 4 heteroatoms. The van der Waals surface area contributed by atoms with Crippen molar-refractivity contribution in [1.82, 2.24) is 0 Å². The molecule has 1 N–H and O–H groups in total. The van der Waals surface area contributed by atoms with Gasteiger partial charge in [-0.2, -0.15) is 8.42 Å². The van der Waals surface area contributed by atoms with Gasteiger partial charge in [0.25, 0.3) is 10.1 Å². The second-order valence-corrected chi connectivity index (χ2v) is 6.32. The highest BCUT2D eigenvalue weighted by Crippen LogP contribution is 2.33. The van der Waals surface area contributed by atoms with Crippen LogP contribution in [0.15, 0.2) is 4.90 Å². The van der Waals surface area contributed by atoms with Gasteiger partial charge in [-0.3, -0.25) is 4.55 Å². The van der Waals surface area contributed by atoms with Crippen LogP contribution in [0.3, 0.4) is 0 Å². The molecule has 0 aliphatic heterocycles. The molecule has 1 rings (SSSR count). The van der Waals surface area contributed by atoms with Gasteiger partial charge < -0.3 is 0 Å². The van der Waals surface area contributed by atoms with Crippen molar-refractivity contribution in [2.24, 2.45) is 0 Å². The fraction of sp³-hybridized carbons (Fsp3) is 0.625. The third-order valence-corrected chi connectivity index (χ3v) is 5.04. The van der Waals surface area contributed by atoms with E-state index in [-0.39, 0.29) is 4.90 Å². The van der Waals surface area contributed by atoms with E-state index in [9.17, 15) is 13.0 Å². The molecule has 0 aliphatic rings. The van der Waals surface area contributed by atoms with E-state index < -0.39 is 10.1 Å². The Balaban J connectivity index is 4.01. The lowest BCUT2D eigenvalue weighted by Gasteiger charge is -2.23. The maximum Gasteiger partial charge on any atom is 0.295 e. The largest absolute Gasteiger partial charge is 0.295 e. The van der Waals surface area contributed by atoms with Gasteiger partial charge in [-0.05, 0) is 59.9 Å². The van der Waals surface area contributed by atoms with E-state index in [0.717, 1.165) is 41.5 Å². The highest BCUT2D eigenvalue weighted by atomic mass is 32.2. The lowest BCUT2D eigenvalue weighted by molar-refractivity contribution is 0.480. The Hall–Kier alpha value is -0.870. The predicted molar refractivity (Wildman–Crippen MR) is 83.1 cm³/mol. The van der Waals surface area contributed by atoms with Crippen molar-refractivity contribution < 1.29 is 13.0 Å². The molecule has 0 aliphatic carbocycles. The first-order valence-corrected chi connectivity index (χ1v) is 8.96. The van der Waals surface area contributed by atoms with Crippen molar-refractivity contribution >= 4 is 10.1 Å². The molecular weight excluding hydrogens is 272 g/mol. The van der Waals surface area contributed by atoms with Gasteiger partial charge in [-0.25, -0.2) is 0 Å². The highest BCUT2D eigenvalue weighted by Gasteiger charge is 2.26. The minimum atomic E-state index is -4.18. The van der Waals surface area contributed by atoms with Crippen LogP contribution in [0.25, 0.3) is 0 Å². The van der Waals surface area contributed by atoms with E-state index in [1.807, 2.05) is 27.7 Å². The molecule has 0 amide bonds. The summed E-state index contributed by atoms with van der Waals surface area (Å²) in [5.74, 6) is 0. The van der Waals surface area contributed by atoms with E-state index >= 15 is 0 Å². The average Bonchev–Trinajstić information content (AvgIpc) is 2.42. The van der Waals surface area contributed by atoms with Crippen molar-refractivity contribution in [3.63, 3.8) is 0 Å². The first-order chi connectivity index (χ1) is 9.37. The molecule has 20 heavy (non-hydrogen) atoms. The Kier molecular flexibility index (Phi) is 5.78. The minimum Gasteiger partial charge on any atom is -0.282 e. The quantitative estimate of drug-likeness (QED) is 0.814. The van der Waals surface area contributed by atoms with Gasteiger partial charge in [0.2, 0.25) is 0 Å². The summed E-state index contributed by atoms with van der Waals surface area (Å²) < 4.78 is 33.5. The Morgan fingerprint density at radius 3 is 1.10 bits per heavy atom. The van der Waals surface area contributed by atoms with Gasteiger partial charge >= 0.3 is 0 Å². The summed E-state index contributed by atoms with van der Waals surface area (Å²) in [5, 5.41) is 0. The van der Waals surface area contributed by atoms with Crippen LogP contribution in [0.5, 0.6) is 0 Å². The SMILES string of the molecule is CCc1c(CC)c(CC)c(S(=O)(=O)O)c(CC)c1CC. The van der Waals surface area contributed by atoms with E-state index in [1.165, 1.54) is 5.56 Å². The number of benzene rings is 1. The van der Waals surface area contributed by atoms with Gasteiger partial charge in [0.1, 0.15) is 4.90 Å². The zero-order valence-corrected chi connectivity index (χ0v) is 14.0. The van der Waals surface area contributed by atoms with Crippen LogP contribution >= 0.6 is 0 Å². The first-order valence-electron chi connectivity index (χ1n) is 7.52. The van der Waals surface area contributed by atoms with Gasteiger partial charge in [0.15, 0.2) is 0 Å². The molecule has 0 saturated carbocycles. The van der Waals surface area contributed by atoms with Crippen molar-refractivity contribution in [3.05, 3.63) is 27.8 Å². The molecular formula is C16H26O3S. The summed E-state index contributed by atoms with van der Waals surface area (Å²) in [4.78, 5) is 0.174. The summed E-state index contributed by atoms with van der Waals surface area (Å²) in [6.45, 7) is 10.1. The van der Waals surface area contributed by atoms with Gasteiger partial charge in [-0.15, -0.1) is 0 Å². The third kappa shape index (κ3) is 2.91. The van der Waals surface area contributed by atoms with Crippen molar-refractivity contribution in [2.75, 3.05) is 0 Å². The summed E-state index contributed by atoms with van der Waals surface area (Å²) in [5.41, 5.74) is 5.10. The van der Waals surface area contributed by atoms with Crippen LogP contribution in [-0.4, -0.2) is 13.0 Å². The van der Waals surface area contributed by atoms with Crippen molar-refractivity contribution in [2.45, 2.75) is 71.6 Å². The van der Waals surface area contributed by atoms with Crippen molar-refractivity contribution in [3.8, 4) is 0 Å². The molecule has 0 aromatic heterocycles. The molecule has 0 heterocycles. The number of hydrogen-bond acceptors (Lipinski definition) is 2. The standard InChI is InChI=1S/C16H26O3S/c1-6-11-12(7-2)14(9-4)16(20(17,18)19)15(10-5)13(11)8-3/h6-10H2,1-5H3,(H,17,18,19). The third-order valence-electron chi connectivity index (χ3n) is 4.03. The van der Waals surface area contributed by atoms with E-state index in [2.05, 4.69) is 6.92 Å². The van der Waals surface area contributed by atoms with Crippen molar-refractivity contribution in [1.29, 1.82) is 0 Å². The molecule has 0 unspecified atom stereocenters. The molecule has 0 radical (unpaired) electrons. The van der Waals surface area contributed by atoms with Crippen LogP contribution in [0, 0.1) is 0 Å². The number of hydrogen-bond donors (Lipinski definition) is 1. The minimum absolute atomic E-state index is 0.174. The van der Waals surface area contributed by atoms with Gasteiger partial charge in [-0.1, -0.05) is 34.6 Å². The maximum atomic E-state index is 11.9. The summed E-state index contributed by atoms with van der Waals surface area (Å²) >= 11 is 0. The van der Waals surface area contributed by atoms with Crippen LogP contribution in [0.2, 0.25) is 0 Å². The normalized spacial score (nSPS) is 11.9. The highest BCUT2D eigenvalue weighted by molar-refractivity contribution is 7.86. The smallest absolute Gasteiger partial charge is 0.282 e. The van der Waals surface area contributed by atoms with E-state index in [0.29, 0.717) is 12.8 Å². The topological polar surface area (TPSA) is 54.4 Å². The molecule has 114 valence electrons. The van der Waals surface area contributed by atoms with E-state index in [1.54, 1.807) is 0 Å². The molecule has 0 bridgehead atoms. The summed E-state index contributed by atoms with van der Waals surface area (Å²) in [6, 6.07) is 0. The zero-order valence-electron chi connectivity index (χ0n) is 13.2. The van der Waals surface area contributed by atoms with Crippen LogP contribution in [0.1, 0.15) is 62.4 Å². The Labute approximate surface area is 123 Å². The fourth-order valence-electron chi connectivity index (χ4n) is 3.34. The average molecular weight is 298 g/mol. The lowest BCUT2D eigenvalue weighted by atomic mass is 9.86. The summed E-state index contributed by atoms with van der Waals surface area (Å²) in [6.07, 6.45) is 3.75. The molecule has 3 nitrogen and oxygen atoms in total. The Morgan fingerprint density at radius 2 is 0.900 bits per heavy atom. The Morgan fingerprint density at radius 1 is 0.650 bits per heavy atom. The van der Waals surface area contributed by atoms with Crippen LogP contribution in [0.4, 0.5) is 0 Å². The van der Waals surface area contributed by atoms with Gasteiger partial charge in [0.05, 0.1) is 0 Å². The molecule has 1 aromatic carbocycles. The maximum absolute atomic E-state index is 11.9. The molecule has 0 fully saturated rings. The second kappa shape index (κ2) is 6.72. The lowest BCUT2D eigenvalue weighted by Crippen LogP contribution is -2.15. The van der Waals surface area contributed by atoms with E-state index in [4.69, 9.17) is 0 Å². The Bertz CT molecular complexity index is 553. The first kappa shape index (κ1) is 17.2. The van der Waals surface area contributed by atoms with Crippen LogP contribution in [-0.2, 0) is 42.2 Å².